The molecule has 1 rings (SSSR count). The van der Waals surface area contributed by atoms with E-state index in [0.717, 1.165) is 0 Å². The molecule has 1 aromatic rings. The SMILES string of the molecule is COCOC(=O)c1c(Br)ccc(OCOC)c1C. The molecule has 0 unspecified atom stereocenters. The molecule has 0 amide bonds. The van der Waals surface area contributed by atoms with Crippen LogP contribution in [-0.2, 0) is 14.2 Å². The summed E-state index contributed by atoms with van der Waals surface area (Å²) in [5, 5.41) is 0. The van der Waals surface area contributed by atoms with Crippen LogP contribution in [0.5, 0.6) is 5.75 Å². The minimum Gasteiger partial charge on any atom is -0.467 e. The van der Waals surface area contributed by atoms with Crippen LogP contribution in [0.15, 0.2) is 16.6 Å². The van der Waals surface area contributed by atoms with Gasteiger partial charge in [-0.3, -0.25) is 0 Å². The van der Waals surface area contributed by atoms with Crippen LogP contribution in [-0.4, -0.2) is 33.8 Å². The third kappa shape index (κ3) is 3.69. The molecule has 0 N–H and O–H groups in total. The zero-order valence-corrected chi connectivity index (χ0v) is 12.1. The number of esters is 1. The van der Waals surface area contributed by atoms with Crippen LogP contribution in [0.3, 0.4) is 0 Å². The van der Waals surface area contributed by atoms with Gasteiger partial charge in [-0.15, -0.1) is 0 Å². The second-order valence-electron chi connectivity index (χ2n) is 3.43. The number of hydrogen-bond acceptors (Lipinski definition) is 5. The zero-order chi connectivity index (χ0) is 13.5. The van der Waals surface area contributed by atoms with Crippen molar-refractivity contribution >= 4 is 21.9 Å². The Hall–Kier alpha value is -1.11. The molecule has 0 spiro atoms. The van der Waals surface area contributed by atoms with Crippen LogP contribution in [0.25, 0.3) is 0 Å². The number of rotatable bonds is 6. The Morgan fingerprint density at radius 1 is 1.22 bits per heavy atom. The van der Waals surface area contributed by atoms with Gasteiger partial charge in [0.05, 0.1) is 5.56 Å². The van der Waals surface area contributed by atoms with Crippen LogP contribution >= 0.6 is 15.9 Å². The van der Waals surface area contributed by atoms with E-state index in [4.69, 9.17) is 18.9 Å². The molecule has 1 aromatic carbocycles. The second kappa shape index (κ2) is 7.35. The lowest BCUT2D eigenvalue weighted by Gasteiger charge is -2.13. The van der Waals surface area contributed by atoms with E-state index >= 15 is 0 Å². The topological polar surface area (TPSA) is 54.0 Å². The molecule has 0 radical (unpaired) electrons. The fourth-order valence-electron chi connectivity index (χ4n) is 1.37. The van der Waals surface area contributed by atoms with Crippen molar-refractivity contribution in [3.63, 3.8) is 0 Å². The predicted octanol–water partition coefficient (Wildman–Crippen LogP) is 2.50. The van der Waals surface area contributed by atoms with Gasteiger partial charge in [0.1, 0.15) is 5.75 Å². The fourth-order valence-corrected chi connectivity index (χ4v) is 1.96. The smallest absolute Gasteiger partial charge is 0.341 e. The summed E-state index contributed by atoms with van der Waals surface area (Å²) in [5.41, 5.74) is 1.10. The van der Waals surface area contributed by atoms with E-state index in [1.54, 1.807) is 19.1 Å². The molecule has 18 heavy (non-hydrogen) atoms. The summed E-state index contributed by atoms with van der Waals surface area (Å²) < 4.78 is 20.4. The average molecular weight is 319 g/mol. The van der Waals surface area contributed by atoms with Crippen molar-refractivity contribution in [2.45, 2.75) is 6.92 Å². The first-order valence-corrected chi connectivity index (χ1v) is 5.98. The van der Waals surface area contributed by atoms with E-state index in [2.05, 4.69) is 15.9 Å². The maximum absolute atomic E-state index is 11.9. The Morgan fingerprint density at radius 2 is 1.89 bits per heavy atom. The summed E-state index contributed by atoms with van der Waals surface area (Å²) in [4.78, 5) is 11.9. The Morgan fingerprint density at radius 3 is 2.50 bits per heavy atom. The van der Waals surface area contributed by atoms with Gasteiger partial charge in [-0.2, -0.15) is 0 Å². The highest BCUT2D eigenvalue weighted by molar-refractivity contribution is 9.10. The van der Waals surface area contributed by atoms with Gasteiger partial charge >= 0.3 is 5.97 Å². The number of hydrogen-bond donors (Lipinski definition) is 0. The van der Waals surface area contributed by atoms with Gasteiger partial charge in [0.2, 0.25) is 0 Å². The molecule has 0 aliphatic heterocycles. The minimum atomic E-state index is -0.468. The van der Waals surface area contributed by atoms with Crippen molar-refractivity contribution < 1.29 is 23.7 Å². The van der Waals surface area contributed by atoms with Crippen molar-refractivity contribution in [3.8, 4) is 5.75 Å². The van der Waals surface area contributed by atoms with E-state index in [1.165, 1.54) is 14.2 Å². The summed E-state index contributed by atoms with van der Waals surface area (Å²) in [6.45, 7) is 1.81. The molecule has 0 atom stereocenters. The number of benzene rings is 1. The fraction of sp³-hybridized carbons (Fsp3) is 0.417. The van der Waals surface area contributed by atoms with Crippen molar-refractivity contribution in [1.82, 2.24) is 0 Å². The van der Waals surface area contributed by atoms with E-state index in [9.17, 15) is 4.79 Å². The molecule has 0 aromatic heterocycles. The molecule has 0 aliphatic carbocycles. The summed E-state index contributed by atoms with van der Waals surface area (Å²) in [6, 6.07) is 3.48. The molecular weight excluding hydrogens is 304 g/mol. The Kier molecular flexibility index (Phi) is 6.11. The number of ether oxygens (including phenoxy) is 4. The molecule has 0 fully saturated rings. The summed E-state index contributed by atoms with van der Waals surface area (Å²) >= 11 is 3.31. The standard InChI is InChI=1S/C12H15BrO5/c1-8-10(17-6-15-2)5-4-9(13)11(8)12(14)18-7-16-3/h4-5H,6-7H2,1-3H3. The molecule has 5 nitrogen and oxygen atoms in total. The first-order chi connectivity index (χ1) is 8.61. The first-order valence-electron chi connectivity index (χ1n) is 5.18. The van der Waals surface area contributed by atoms with Crippen molar-refractivity contribution in [1.29, 1.82) is 0 Å². The predicted molar refractivity (Wildman–Crippen MR) is 68.7 cm³/mol. The summed E-state index contributed by atoms with van der Waals surface area (Å²) in [6.07, 6.45) is 0. The Labute approximate surface area is 114 Å². The molecule has 0 aliphatic rings. The largest absolute Gasteiger partial charge is 0.467 e. The lowest BCUT2D eigenvalue weighted by molar-refractivity contribution is -0.0127. The highest BCUT2D eigenvalue weighted by atomic mass is 79.9. The third-order valence-corrected chi connectivity index (χ3v) is 2.87. The van der Waals surface area contributed by atoms with E-state index in [1.807, 2.05) is 0 Å². The molecule has 100 valence electrons. The van der Waals surface area contributed by atoms with Crippen LogP contribution in [0.4, 0.5) is 0 Å². The van der Waals surface area contributed by atoms with E-state index < -0.39 is 5.97 Å². The summed E-state index contributed by atoms with van der Waals surface area (Å²) in [7, 11) is 2.98. The number of carbonyl (C=O) groups is 1. The average Bonchev–Trinajstić information content (AvgIpc) is 2.35. The van der Waals surface area contributed by atoms with Crippen LogP contribution in [0.1, 0.15) is 15.9 Å². The van der Waals surface area contributed by atoms with Gasteiger partial charge in [0, 0.05) is 24.3 Å². The van der Waals surface area contributed by atoms with Crippen molar-refractivity contribution in [2.24, 2.45) is 0 Å². The first kappa shape index (κ1) is 14.9. The van der Waals surface area contributed by atoms with E-state index in [0.29, 0.717) is 21.3 Å². The van der Waals surface area contributed by atoms with E-state index in [-0.39, 0.29) is 13.6 Å². The Bertz CT molecular complexity index is 419. The van der Waals surface area contributed by atoms with Gasteiger partial charge < -0.3 is 18.9 Å². The summed E-state index contributed by atoms with van der Waals surface area (Å²) in [5.74, 6) is 0.105. The van der Waals surface area contributed by atoms with Gasteiger partial charge in [0.25, 0.3) is 0 Å². The highest BCUT2D eigenvalue weighted by Gasteiger charge is 2.18. The van der Waals surface area contributed by atoms with Crippen LogP contribution in [0, 0.1) is 6.92 Å². The molecule has 0 saturated heterocycles. The minimum absolute atomic E-state index is 0.0894. The molecular formula is C12H15BrO5. The van der Waals surface area contributed by atoms with Gasteiger partial charge in [-0.25, -0.2) is 4.79 Å². The normalized spacial score (nSPS) is 10.2. The molecule has 0 bridgehead atoms. The quantitative estimate of drug-likeness (QED) is 0.596. The monoisotopic (exact) mass is 318 g/mol. The number of methoxy groups -OCH3 is 2. The van der Waals surface area contributed by atoms with Crippen LogP contribution < -0.4 is 4.74 Å². The second-order valence-corrected chi connectivity index (χ2v) is 4.29. The van der Waals surface area contributed by atoms with Crippen molar-refractivity contribution in [2.75, 3.05) is 27.8 Å². The van der Waals surface area contributed by atoms with Crippen molar-refractivity contribution in [3.05, 3.63) is 27.7 Å². The molecule has 0 heterocycles. The Balaban J connectivity index is 2.98. The lowest BCUT2D eigenvalue weighted by Crippen LogP contribution is -2.11. The number of carbonyl (C=O) groups excluding carboxylic acids is 1. The lowest BCUT2D eigenvalue weighted by atomic mass is 10.1. The van der Waals surface area contributed by atoms with Crippen LogP contribution in [0.2, 0.25) is 0 Å². The number of halogens is 1. The molecule has 6 heteroatoms. The maximum atomic E-state index is 11.9. The van der Waals surface area contributed by atoms with Gasteiger partial charge in [-0.1, -0.05) is 0 Å². The highest BCUT2D eigenvalue weighted by Crippen LogP contribution is 2.29. The zero-order valence-electron chi connectivity index (χ0n) is 10.5. The third-order valence-electron chi connectivity index (χ3n) is 2.21. The van der Waals surface area contributed by atoms with Gasteiger partial charge in [-0.05, 0) is 35.0 Å². The molecule has 0 saturated carbocycles. The van der Waals surface area contributed by atoms with Gasteiger partial charge in [0.15, 0.2) is 13.6 Å². The maximum Gasteiger partial charge on any atom is 0.341 e.